The summed E-state index contributed by atoms with van der Waals surface area (Å²) in [6, 6.07) is 13.0. The van der Waals surface area contributed by atoms with Gasteiger partial charge < -0.3 is 10.2 Å². The van der Waals surface area contributed by atoms with E-state index in [0.717, 1.165) is 0 Å². The maximum Gasteiger partial charge on any atom is 0.242 e. The molecule has 26 heavy (non-hydrogen) atoms. The van der Waals surface area contributed by atoms with Crippen LogP contribution in [-0.2, 0) is 16.6 Å². The first-order valence-electron chi connectivity index (χ1n) is 8.22. The summed E-state index contributed by atoms with van der Waals surface area (Å²) < 4.78 is 25.7. The van der Waals surface area contributed by atoms with Gasteiger partial charge in [-0.2, -0.15) is 0 Å². The predicted molar refractivity (Wildman–Crippen MR) is 111 cm³/mol. The van der Waals surface area contributed by atoms with Gasteiger partial charge in [0.05, 0.1) is 4.90 Å². The fraction of sp³-hybridized carbons (Fsp3) is 0.316. The highest BCUT2D eigenvalue weighted by atomic mass is 32.2. The first-order chi connectivity index (χ1) is 12.1. The van der Waals surface area contributed by atoms with Crippen LogP contribution in [-0.4, -0.2) is 43.9 Å². The number of benzene rings is 2. The molecule has 2 aromatic carbocycles. The third-order valence-electron chi connectivity index (χ3n) is 4.12. The third kappa shape index (κ3) is 4.81. The van der Waals surface area contributed by atoms with Crippen molar-refractivity contribution in [2.45, 2.75) is 25.3 Å². The molecule has 0 heterocycles. The lowest BCUT2D eigenvalue weighted by Crippen LogP contribution is -2.31. The van der Waals surface area contributed by atoms with Crippen molar-refractivity contribution in [3.05, 3.63) is 59.2 Å². The number of sulfonamides is 1. The van der Waals surface area contributed by atoms with E-state index in [4.69, 9.17) is 12.2 Å². The molecule has 2 rings (SSSR count). The molecule has 140 valence electrons. The standard InChI is InChI=1S/C19H25N3O2S2/c1-14-9-10-16(15(2)11-14)13-22(5)19(25)20-17-7-6-8-18(12-17)26(23,24)21(3)4/h6-12H,13H2,1-5H3,(H,20,25). The summed E-state index contributed by atoms with van der Waals surface area (Å²) >= 11 is 5.47. The maximum absolute atomic E-state index is 12.3. The lowest BCUT2D eigenvalue weighted by atomic mass is 10.1. The Hall–Kier alpha value is -1.96. The van der Waals surface area contributed by atoms with E-state index in [1.54, 1.807) is 24.3 Å². The SMILES string of the molecule is Cc1ccc(CN(C)C(=S)Nc2cccc(S(=O)(=O)N(C)C)c2)c(C)c1. The summed E-state index contributed by atoms with van der Waals surface area (Å²) in [5.74, 6) is 0. The summed E-state index contributed by atoms with van der Waals surface area (Å²) in [6.07, 6.45) is 0. The highest BCUT2D eigenvalue weighted by Crippen LogP contribution is 2.19. The largest absolute Gasteiger partial charge is 0.348 e. The molecule has 0 amide bonds. The minimum absolute atomic E-state index is 0.229. The maximum atomic E-state index is 12.3. The van der Waals surface area contributed by atoms with Gasteiger partial charge in [-0.1, -0.05) is 29.8 Å². The van der Waals surface area contributed by atoms with Crippen LogP contribution in [0.25, 0.3) is 0 Å². The van der Waals surface area contributed by atoms with E-state index >= 15 is 0 Å². The summed E-state index contributed by atoms with van der Waals surface area (Å²) in [7, 11) is 1.46. The smallest absolute Gasteiger partial charge is 0.242 e. The molecule has 0 saturated heterocycles. The van der Waals surface area contributed by atoms with Gasteiger partial charge in [-0.25, -0.2) is 12.7 Å². The summed E-state index contributed by atoms with van der Waals surface area (Å²) in [4.78, 5) is 2.16. The Bertz CT molecular complexity index is 909. The van der Waals surface area contributed by atoms with Crippen molar-refractivity contribution < 1.29 is 8.42 Å². The molecule has 7 heteroatoms. The second-order valence-corrected chi connectivity index (χ2v) is 9.07. The van der Waals surface area contributed by atoms with Crippen LogP contribution in [0.2, 0.25) is 0 Å². The summed E-state index contributed by atoms with van der Waals surface area (Å²) in [5.41, 5.74) is 4.30. The fourth-order valence-electron chi connectivity index (χ4n) is 2.51. The Morgan fingerprint density at radius 3 is 2.38 bits per heavy atom. The zero-order chi connectivity index (χ0) is 19.5. The fourth-order valence-corrected chi connectivity index (χ4v) is 3.65. The van der Waals surface area contributed by atoms with Crippen LogP contribution in [0.4, 0.5) is 5.69 Å². The molecule has 0 aliphatic carbocycles. The lowest BCUT2D eigenvalue weighted by Gasteiger charge is -2.22. The first-order valence-corrected chi connectivity index (χ1v) is 10.1. The minimum atomic E-state index is -3.48. The Balaban J connectivity index is 2.12. The third-order valence-corrected chi connectivity index (χ3v) is 6.34. The minimum Gasteiger partial charge on any atom is -0.348 e. The Labute approximate surface area is 161 Å². The molecule has 0 spiro atoms. The van der Waals surface area contributed by atoms with Gasteiger partial charge in [0.1, 0.15) is 0 Å². The lowest BCUT2D eigenvalue weighted by molar-refractivity contribution is 0.507. The van der Waals surface area contributed by atoms with Gasteiger partial charge in [-0.05, 0) is 55.4 Å². The molecule has 2 aromatic rings. The molecule has 0 saturated carbocycles. The number of hydrogen-bond donors (Lipinski definition) is 1. The van der Waals surface area contributed by atoms with Crippen molar-refractivity contribution >= 4 is 33.0 Å². The number of aryl methyl sites for hydroxylation is 2. The molecular formula is C19H25N3O2S2. The normalized spacial score (nSPS) is 11.5. The van der Waals surface area contributed by atoms with E-state index in [9.17, 15) is 8.42 Å². The average molecular weight is 392 g/mol. The number of rotatable bonds is 5. The molecule has 0 atom stereocenters. The Kier molecular flexibility index (Phi) is 6.39. The summed E-state index contributed by atoms with van der Waals surface area (Å²) in [6.45, 7) is 4.83. The van der Waals surface area contributed by atoms with Crippen LogP contribution in [0.1, 0.15) is 16.7 Å². The van der Waals surface area contributed by atoms with E-state index in [2.05, 4.69) is 37.4 Å². The molecule has 0 aromatic heterocycles. The number of nitrogens with one attached hydrogen (secondary N) is 1. The van der Waals surface area contributed by atoms with Gasteiger partial charge in [0.25, 0.3) is 0 Å². The molecule has 0 aliphatic heterocycles. The van der Waals surface area contributed by atoms with Crippen molar-refractivity contribution in [3.63, 3.8) is 0 Å². The number of hydrogen-bond acceptors (Lipinski definition) is 3. The Morgan fingerprint density at radius 1 is 1.08 bits per heavy atom. The van der Waals surface area contributed by atoms with Crippen molar-refractivity contribution in [1.82, 2.24) is 9.21 Å². The number of nitrogens with zero attached hydrogens (tertiary/aromatic N) is 2. The predicted octanol–water partition coefficient (Wildman–Crippen LogP) is 3.38. The van der Waals surface area contributed by atoms with Crippen LogP contribution in [0.5, 0.6) is 0 Å². The van der Waals surface area contributed by atoms with E-state index in [0.29, 0.717) is 17.3 Å². The molecule has 0 fully saturated rings. The van der Waals surface area contributed by atoms with Crippen molar-refractivity contribution in [2.75, 3.05) is 26.5 Å². The van der Waals surface area contributed by atoms with Crippen LogP contribution in [0.15, 0.2) is 47.4 Å². The van der Waals surface area contributed by atoms with Gasteiger partial charge in [-0.15, -0.1) is 0 Å². The van der Waals surface area contributed by atoms with E-state index in [1.165, 1.54) is 35.1 Å². The molecule has 0 unspecified atom stereocenters. The molecule has 0 radical (unpaired) electrons. The molecule has 0 aliphatic rings. The average Bonchev–Trinajstić information content (AvgIpc) is 2.57. The summed E-state index contributed by atoms with van der Waals surface area (Å²) in [5, 5.41) is 3.65. The molecule has 1 N–H and O–H groups in total. The second kappa shape index (κ2) is 8.16. The molecular weight excluding hydrogens is 366 g/mol. The highest BCUT2D eigenvalue weighted by molar-refractivity contribution is 7.89. The van der Waals surface area contributed by atoms with Crippen molar-refractivity contribution in [2.24, 2.45) is 0 Å². The molecule has 0 bridgehead atoms. The van der Waals surface area contributed by atoms with Gasteiger partial charge in [0.2, 0.25) is 10.0 Å². The van der Waals surface area contributed by atoms with Crippen LogP contribution < -0.4 is 5.32 Å². The topological polar surface area (TPSA) is 52.7 Å². The van der Waals surface area contributed by atoms with Gasteiger partial charge in [0.15, 0.2) is 5.11 Å². The second-order valence-electron chi connectivity index (χ2n) is 6.53. The van der Waals surface area contributed by atoms with Gasteiger partial charge >= 0.3 is 0 Å². The van der Waals surface area contributed by atoms with Gasteiger partial charge in [-0.3, -0.25) is 0 Å². The van der Waals surface area contributed by atoms with E-state index < -0.39 is 10.0 Å². The Morgan fingerprint density at radius 2 is 1.77 bits per heavy atom. The van der Waals surface area contributed by atoms with Gasteiger partial charge in [0, 0.05) is 33.4 Å². The van der Waals surface area contributed by atoms with Crippen LogP contribution in [0, 0.1) is 13.8 Å². The highest BCUT2D eigenvalue weighted by Gasteiger charge is 2.17. The molecule has 5 nitrogen and oxygen atoms in total. The van der Waals surface area contributed by atoms with E-state index in [1.807, 2.05) is 11.9 Å². The van der Waals surface area contributed by atoms with Crippen LogP contribution >= 0.6 is 12.2 Å². The van der Waals surface area contributed by atoms with Crippen molar-refractivity contribution in [1.29, 1.82) is 0 Å². The zero-order valence-electron chi connectivity index (χ0n) is 15.8. The first kappa shape index (κ1) is 20.4. The van der Waals surface area contributed by atoms with E-state index in [-0.39, 0.29) is 4.90 Å². The number of anilines is 1. The van der Waals surface area contributed by atoms with Crippen molar-refractivity contribution in [3.8, 4) is 0 Å². The number of thiocarbonyl (C=S) groups is 1. The van der Waals surface area contributed by atoms with Crippen LogP contribution in [0.3, 0.4) is 0 Å². The monoisotopic (exact) mass is 391 g/mol. The quantitative estimate of drug-likeness (QED) is 0.792. The zero-order valence-corrected chi connectivity index (χ0v) is 17.4.